The van der Waals surface area contributed by atoms with Crippen molar-refractivity contribution in [1.82, 2.24) is 4.90 Å². The van der Waals surface area contributed by atoms with Gasteiger partial charge < -0.3 is 10.2 Å². The molecule has 0 spiro atoms. The molecule has 3 nitrogen and oxygen atoms in total. The van der Waals surface area contributed by atoms with Gasteiger partial charge in [0.25, 0.3) is 0 Å². The minimum absolute atomic E-state index is 0.00222. The van der Waals surface area contributed by atoms with Gasteiger partial charge in [0.2, 0.25) is 5.91 Å². The van der Waals surface area contributed by atoms with Gasteiger partial charge in [-0.25, -0.2) is 0 Å². The first kappa shape index (κ1) is 13.8. The number of anilines is 1. The molecule has 2 atom stereocenters. The molecule has 1 fully saturated rings. The van der Waals surface area contributed by atoms with Crippen molar-refractivity contribution in [1.29, 1.82) is 0 Å². The number of hydrogen-bond acceptors (Lipinski definition) is 2. The van der Waals surface area contributed by atoms with E-state index in [4.69, 9.17) is 0 Å². The molecule has 0 saturated carbocycles. The van der Waals surface area contributed by atoms with E-state index < -0.39 is 0 Å². The van der Waals surface area contributed by atoms with Crippen molar-refractivity contribution in [2.24, 2.45) is 5.92 Å². The van der Waals surface area contributed by atoms with E-state index in [1.165, 1.54) is 5.56 Å². The number of para-hydroxylation sites is 1. The molecule has 1 amide bonds. The summed E-state index contributed by atoms with van der Waals surface area (Å²) in [6.07, 6.45) is 0. The molecule has 1 aliphatic rings. The Morgan fingerprint density at radius 2 is 1.62 bits per heavy atom. The van der Waals surface area contributed by atoms with Crippen LogP contribution in [0.4, 0.5) is 5.69 Å². The number of likely N-dealkylation sites (tertiary alicyclic amines) is 1. The van der Waals surface area contributed by atoms with Gasteiger partial charge in [-0.15, -0.1) is 0 Å². The Bertz CT molecular complexity index is 597. The zero-order valence-corrected chi connectivity index (χ0v) is 12.2. The molecule has 0 bridgehead atoms. The first-order chi connectivity index (χ1) is 10.2. The van der Waals surface area contributed by atoms with E-state index in [0.717, 1.165) is 18.8 Å². The summed E-state index contributed by atoms with van der Waals surface area (Å²) in [7, 11) is 2.08. The van der Waals surface area contributed by atoms with Crippen molar-refractivity contribution < 1.29 is 4.79 Å². The zero-order valence-electron chi connectivity index (χ0n) is 12.2. The monoisotopic (exact) mass is 280 g/mol. The fourth-order valence-corrected chi connectivity index (χ4v) is 3.06. The SMILES string of the molecule is CN1C[C@H](C(=O)Nc2ccccc2)[C@H](c2ccccc2)C1. The predicted molar refractivity (Wildman–Crippen MR) is 85.2 cm³/mol. The normalized spacial score (nSPS) is 22.1. The minimum atomic E-state index is -0.00222. The highest BCUT2D eigenvalue weighted by molar-refractivity contribution is 5.93. The number of carbonyl (C=O) groups is 1. The van der Waals surface area contributed by atoms with E-state index in [0.29, 0.717) is 0 Å². The molecule has 2 aromatic carbocycles. The average Bonchev–Trinajstić information content (AvgIpc) is 2.91. The maximum Gasteiger partial charge on any atom is 0.229 e. The molecule has 108 valence electrons. The first-order valence-corrected chi connectivity index (χ1v) is 7.33. The van der Waals surface area contributed by atoms with Gasteiger partial charge in [0.1, 0.15) is 0 Å². The summed E-state index contributed by atoms with van der Waals surface area (Å²) in [5.41, 5.74) is 2.11. The minimum Gasteiger partial charge on any atom is -0.326 e. The van der Waals surface area contributed by atoms with Gasteiger partial charge in [-0.2, -0.15) is 0 Å². The fourth-order valence-electron chi connectivity index (χ4n) is 3.06. The Morgan fingerprint density at radius 3 is 2.29 bits per heavy atom. The third-order valence-corrected chi connectivity index (χ3v) is 4.11. The quantitative estimate of drug-likeness (QED) is 0.937. The van der Waals surface area contributed by atoms with Crippen LogP contribution in [0.1, 0.15) is 11.5 Å². The van der Waals surface area contributed by atoms with E-state index in [9.17, 15) is 4.79 Å². The molecule has 0 unspecified atom stereocenters. The van der Waals surface area contributed by atoms with Crippen LogP contribution in [0.15, 0.2) is 60.7 Å². The van der Waals surface area contributed by atoms with Crippen molar-refractivity contribution in [2.75, 3.05) is 25.5 Å². The third-order valence-electron chi connectivity index (χ3n) is 4.11. The van der Waals surface area contributed by atoms with Crippen LogP contribution in [0.2, 0.25) is 0 Å². The lowest BCUT2D eigenvalue weighted by Gasteiger charge is -2.18. The summed E-state index contributed by atoms with van der Waals surface area (Å²) < 4.78 is 0. The van der Waals surface area contributed by atoms with E-state index in [2.05, 4.69) is 29.4 Å². The van der Waals surface area contributed by atoms with E-state index in [-0.39, 0.29) is 17.7 Å². The van der Waals surface area contributed by atoms with Crippen molar-refractivity contribution in [3.63, 3.8) is 0 Å². The number of benzene rings is 2. The number of rotatable bonds is 3. The molecule has 0 radical (unpaired) electrons. The molecule has 3 rings (SSSR count). The molecule has 0 aliphatic carbocycles. The van der Waals surface area contributed by atoms with Crippen LogP contribution >= 0.6 is 0 Å². The molecule has 1 N–H and O–H groups in total. The molecule has 2 aromatic rings. The molecule has 1 aliphatic heterocycles. The highest BCUT2D eigenvalue weighted by Crippen LogP contribution is 2.32. The number of likely N-dealkylation sites (N-methyl/N-ethyl adjacent to an activating group) is 1. The second kappa shape index (κ2) is 6.10. The first-order valence-electron chi connectivity index (χ1n) is 7.33. The topological polar surface area (TPSA) is 32.3 Å². The number of carbonyl (C=O) groups excluding carboxylic acids is 1. The lowest BCUT2D eigenvalue weighted by molar-refractivity contribution is -0.119. The predicted octanol–water partition coefficient (Wildman–Crippen LogP) is 2.97. The van der Waals surface area contributed by atoms with Crippen LogP contribution in [0.5, 0.6) is 0 Å². The third kappa shape index (κ3) is 3.14. The number of nitrogens with zero attached hydrogens (tertiary/aromatic N) is 1. The van der Waals surface area contributed by atoms with Crippen LogP contribution in [-0.4, -0.2) is 30.9 Å². The van der Waals surface area contributed by atoms with E-state index in [1.54, 1.807) is 0 Å². The Morgan fingerprint density at radius 1 is 1.00 bits per heavy atom. The largest absolute Gasteiger partial charge is 0.326 e. The summed E-state index contributed by atoms with van der Waals surface area (Å²) in [5, 5.41) is 3.04. The van der Waals surface area contributed by atoms with Crippen molar-refractivity contribution in [3.05, 3.63) is 66.2 Å². The number of hydrogen-bond donors (Lipinski definition) is 1. The van der Waals surface area contributed by atoms with E-state index >= 15 is 0 Å². The smallest absolute Gasteiger partial charge is 0.229 e. The number of nitrogens with one attached hydrogen (secondary N) is 1. The van der Waals surface area contributed by atoms with Gasteiger partial charge >= 0.3 is 0 Å². The molecule has 1 saturated heterocycles. The highest BCUT2D eigenvalue weighted by Gasteiger charge is 2.36. The van der Waals surface area contributed by atoms with Gasteiger partial charge in [-0.05, 0) is 24.7 Å². The molecule has 21 heavy (non-hydrogen) atoms. The Hall–Kier alpha value is -2.13. The molecule has 0 aromatic heterocycles. The highest BCUT2D eigenvalue weighted by atomic mass is 16.2. The maximum absolute atomic E-state index is 12.6. The fraction of sp³-hybridized carbons (Fsp3) is 0.278. The Balaban J connectivity index is 1.77. The van der Waals surface area contributed by atoms with Crippen molar-refractivity contribution in [2.45, 2.75) is 5.92 Å². The Labute approximate surface area is 125 Å². The van der Waals surface area contributed by atoms with Crippen LogP contribution in [0, 0.1) is 5.92 Å². The summed E-state index contributed by atoms with van der Waals surface area (Å²) in [6, 6.07) is 20.0. The van der Waals surface area contributed by atoms with Gasteiger partial charge in [0.05, 0.1) is 5.92 Å². The van der Waals surface area contributed by atoms with Crippen LogP contribution in [-0.2, 0) is 4.79 Å². The molecular formula is C18H20N2O. The summed E-state index contributed by atoms with van der Waals surface area (Å²) in [5.74, 6) is 0.372. The van der Waals surface area contributed by atoms with Crippen LogP contribution in [0.25, 0.3) is 0 Å². The molecular weight excluding hydrogens is 260 g/mol. The molecule has 3 heteroatoms. The maximum atomic E-state index is 12.6. The number of amides is 1. The second-order valence-corrected chi connectivity index (χ2v) is 5.70. The standard InChI is InChI=1S/C18H20N2O/c1-20-12-16(14-8-4-2-5-9-14)17(13-20)18(21)19-15-10-6-3-7-11-15/h2-11,16-17H,12-13H2,1H3,(H,19,21)/t16-,17-/m0/s1. The van der Waals surface area contributed by atoms with Gasteiger partial charge in [-0.3, -0.25) is 4.79 Å². The van der Waals surface area contributed by atoms with Gasteiger partial charge in [-0.1, -0.05) is 48.5 Å². The average molecular weight is 280 g/mol. The second-order valence-electron chi connectivity index (χ2n) is 5.70. The summed E-state index contributed by atoms with van der Waals surface area (Å²) in [4.78, 5) is 14.8. The van der Waals surface area contributed by atoms with Crippen molar-refractivity contribution >= 4 is 11.6 Å². The summed E-state index contributed by atoms with van der Waals surface area (Å²) >= 11 is 0. The van der Waals surface area contributed by atoms with E-state index in [1.807, 2.05) is 48.5 Å². The molecule has 1 heterocycles. The van der Waals surface area contributed by atoms with Crippen LogP contribution in [0.3, 0.4) is 0 Å². The Kier molecular flexibility index (Phi) is 4.02. The van der Waals surface area contributed by atoms with Gasteiger partial charge in [0.15, 0.2) is 0 Å². The van der Waals surface area contributed by atoms with Crippen molar-refractivity contribution in [3.8, 4) is 0 Å². The lowest BCUT2D eigenvalue weighted by atomic mass is 9.88. The van der Waals surface area contributed by atoms with Gasteiger partial charge in [0, 0.05) is 24.7 Å². The lowest BCUT2D eigenvalue weighted by Crippen LogP contribution is -2.28. The summed E-state index contributed by atoms with van der Waals surface area (Å²) in [6.45, 7) is 1.73. The zero-order chi connectivity index (χ0) is 14.7. The van der Waals surface area contributed by atoms with Crippen LogP contribution < -0.4 is 5.32 Å².